The van der Waals surface area contributed by atoms with Crippen molar-refractivity contribution in [3.63, 3.8) is 0 Å². The SMILES string of the molecule is O=NC1CCOc2cc(F)c(N3C(=O)C4=C(CCCC4)C3=O)cc21. The van der Waals surface area contributed by atoms with Gasteiger partial charge in [0, 0.05) is 29.2 Å². The van der Waals surface area contributed by atoms with E-state index in [4.69, 9.17) is 4.74 Å². The van der Waals surface area contributed by atoms with Crippen LogP contribution in [0.4, 0.5) is 10.1 Å². The van der Waals surface area contributed by atoms with Gasteiger partial charge in [-0.05, 0) is 31.7 Å². The van der Waals surface area contributed by atoms with Crippen LogP contribution in [0.25, 0.3) is 0 Å². The van der Waals surface area contributed by atoms with Crippen molar-refractivity contribution < 1.29 is 18.7 Å². The van der Waals surface area contributed by atoms with Gasteiger partial charge in [0.15, 0.2) is 5.82 Å². The Hall–Kier alpha value is -2.57. The Morgan fingerprint density at radius 2 is 1.79 bits per heavy atom. The predicted octanol–water partition coefficient (Wildman–Crippen LogP) is 3.16. The first-order chi connectivity index (χ1) is 11.6. The lowest BCUT2D eigenvalue weighted by molar-refractivity contribution is -0.120. The Labute approximate surface area is 137 Å². The van der Waals surface area contributed by atoms with E-state index in [-0.39, 0.29) is 18.0 Å². The predicted molar refractivity (Wildman–Crippen MR) is 83.0 cm³/mol. The molecule has 2 heterocycles. The van der Waals surface area contributed by atoms with Gasteiger partial charge in [-0.1, -0.05) is 5.18 Å². The van der Waals surface area contributed by atoms with Crippen LogP contribution >= 0.6 is 0 Å². The highest BCUT2D eigenvalue weighted by atomic mass is 19.1. The van der Waals surface area contributed by atoms with Gasteiger partial charge in [0.25, 0.3) is 11.8 Å². The van der Waals surface area contributed by atoms with E-state index >= 15 is 0 Å². The van der Waals surface area contributed by atoms with Crippen LogP contribution in [0.3, 0.4) is 0 Å². The zero-order valence-corrected chi connectivity index (χ0v) is 12.9. The molecule has 1 unspecified atom stereocenters. The zero-order valence-electron chi connectivity index (χ0n) is 12.9. The number of nitrogens with zero attached hydrogens (tertiary/aromatic N) is 2. The highest BCUT2D eigenvalue weighted by Gasteiger charge is 2.41. The molecule has 1 aromatic rings. The Bertz CT molecular complexity index is 774. The molecule has 3 aliphatic rings. The second-order valence-electron chi connectivity index (χ2n) is 6.21. The fourth-order valence-electron chi connectivity index (χ4n) is 3.62. The Balaban J connectivity index is 1.79. The lowest BCUT2D eigenvalue weighted by atomic mass is 9.93. The minimum atomic E-state index is -0.721. The lowest BCUT2D eigenvalue weighted by Crippen LogP contribution is -2.32. The van der Waals surface area contributed by atoms with E-state index in [0.29, 0.717) is 36.0 Å². The summed E-state index contributed by atoms with van der Waals surface area (Å²) >= 11 is 0. The van der Waals surface area contributed by atoms with Crippen molar-refractivity contribution in [2.45, 2.75) is 38.1 Å². The molecule has 1 aliphatic carbocycles. The molecule has 0 N–H and O–H groups in total. The summed E-state index contributed by atoms with van der Waals surface area (Å²) in [4.78, 5) is 37.1. The smallest absolute Gasteiger partial charge is 0.261 e. The van der Waals surface area contributed by atoms with Crippen molar-refractivity contribution in [3.8, 4) is 5.75 Å². The fourth-order valence-corrected chi connectivity index (χ4v) is 3.62. The van der Waals surface area contributed by atoms with Gasteiger partial charge in [0.2, 0.25) is 0 Å². The number of amides is 2. The summed E-state index contributed by atoms with van der Waals surface area (Å²) in [6.45, 7) is 0.277. The number of anilines is 1. The monoisotopic (exact) mass is 330 g/mol. The molecule has 1 aromatic carbocycles. The van der Waals surface area contributed by atoms with Gasteiger partial charge in [-0.3, -0.25) is 9.59 Å². The lowest BCUT2D eigenvalue weighted by Gasteiger charge is -2.24. The summed E-state index contributed by atoms with van der Waals surface area (Å²) in [6, 6.07) is 1.81. The van der Waals surface area contributed by atoms with Gasteiger partial charge in [-0.25, -0.2) is 9.29 Å². The molecule has 4 rings (SSSR count). The van der Waals surface area contributed by atoms with Crippen molar-refractivity contribution in [2.75, 3.05) is 11.5 Å². The third-order valence-electron chi connectivity index (χ3n) is 4.85. The van der Waals surface area contributed by atoms with Crippen LogP contribution in [0.1, 0.15) is 43.7 Å². The first-order valence-electron chi connectivity index (χ1n) is 8.01. The number of benzene rings is 1. The topological polar surface area (TPSA) is 76.0 Å². The van der Waals surface area contributed by atoms with E-state index in [1.165, 1.54) is 6.07 Å². The van der Waals surface area contributed by atoms with E-state index in [0.717, 1.165) is 23.8 Å². The number of carbonyl (C=O) groups excluding carboxylic acids is 2. The molecule has 24 heavy (non-hydrogen) atoms. The molecule has 0 saturated heterocycles. The number of hydrogen-bond donors (Lipinski definition) is 0. The summed E-state index contributed by atoms with van der Waals surface area (Å²) in [6.07, 6.45) is 3.18. The maximum absolute atomic E-state index is 14.5. The average Bonchev–Trinajstić information content (AvgIpc) is 2.85. The van der Waals surface area contributed by atoms with E-state index in [2.05, 4.69) is 5.18 Å². The largest absolute Gasteiger partial charge is 0.493 e. The van der Waals surface area contributed by atoms with Gasteiger partial charge < -0.3 is 4.74 Å². The Morgan fingerprint density at radius 1 is 1.12 bits per heavy atom. The van der Waals surface area contributed by atoms with Gasteiger partial charge in [-0.15, -0.1) is 0 Å². The second kappa shape index (κ2) is 5.51. The quantitative estimate of drug-likeness (QED) is 0.616. The van der Waals surface area contributed by atoms with E-state index < -0.39 is 23.7 Å². The Kier molecular flexibility index (Phi) is 3.44. The minimum absolute atomic E-state index is 0.127. The standard InChI is InChI=1S/C17H15FN2O4/c18-12-8-15-11(13(19-23)5-6-24-15)7-14(12)20-16(21)9-3-1-2-4-10(9)17(20)22/h7-8,13H,1-6H2. The average molecular weight is 330 g/mol. The molecule has 0 saturated carbocycles. The molecule has 1 atom stereocenters. The molecule has 0 radical (unpaired) electrons. The molecule has 2 amide bonds. The minimum Gasteiger partial charge on any atom is -0.493 e. The number of ether oxygens (including phenoxy) is 1. The van der Waals surface area contributed by atoms with Crippen LogP contribution < -0.4 is 9.64 Å². The normalized spacial score (nSPS) is 23.0. The molecule has 0 bridgehead atoms. The molecule has 124 valence electrons. The number of halogens is 1. The van der Waals surface area contributed by atoms with Crippen LogP contribution in [0.2, 0.25) is 0 Å². The van der Waals surface area contributed by atoms with E-state index in [9.17, 15) is 18.9 Å². The van der Waals surface area contributed by atoms with Gasteiger partial charge in [0.05, 0.1) is 12.3 Å². The van der Waals surface area contributed by atoms with Crippen LogP contribution in [0.5, 0.6) is 5.75 Å². The summed E-state index contributed by atoms with van der Waals surface area (Å²) in [5.74, 6) is -1.40. The molecule has 0 spiro atoms. The van der Waals surface area contributed by atoms with Crippen molar-refractivity contribution >= 4 is 17.5 Å². The second-order valence-corrected chi connectivity index (χ2v) is 6.21. The number of fused-ring (bicyclic) bond motifs is 1. The molecule has 7 heteroatoms. The third-order valence-corrected chi connectivity index (χ3v) is 4.85. The molecule has 6 nitrogen and oxygen atoms in total. The number of hydrogen-bond acceptors (Lipinski definition) is 5. The first-order valence-corrected chi connectivity index (χ1v) is 8.01. The van der Waals surface area contributed by atoms with Gasteiger partial charge in [0.1, 0.15) is 11.8 Å². The van der Waals surface area contributed by atoms with Gasteiger partial charge in [-0.2, -0.15) is 4.91 Å². The van der Waals surface area contributed by atoms with Crippen LogP contribution in [-0.2, 0) is 9.59 Å². The van der Waals surface area contributed by atoms with Crippen molar-refractivity contribution in [1.29, 1.82) is 0 Å². The summed E-state index contributed by atoms with van der Waals surface area (Å²) < 4.78 is 19.9. The maximum Gasteiger partial charge on any atom is 0.261 e. The molecular formula is C17H15FN2O4. The number of nitroso groups, excluding NO2 is 1. The molecule has 0 aromatic heterocycles. The summed E-state index contributed by atoms with van der Waals surface area (Å²) in [5, 5.41) is 3.05. The number of imide groups is 1. The molecular weight excluding hydrogens is 315 g/mol. The van der Waals surface area contributed by atoms with E-state index in [1.807, 2.05) is 0 Å². The zero-order chi connectivity index (χ0) is 16.8. The van der Waals surface area contributed by atoms with Crippen molar-refractivity contribution in [1.82, 2.24) is 0 Å². The number of carbonyl (C=O) groups is 2. The summed E-state index contributed by atoms with van der Waals surface area (Å²) in [7, 11) is 0. The summed E-state index contributed by atoms with van der Waals surface area (Å²) in [5.41, 5.74) is 1.27. The van der Waals surface area contributed by atoms with Crippen LogP contribution in [0.15, 0.2) is 28.5 Å². The highest BCUT2D eigenvalue weighted by Crippen LogP contribution is 2.41. The molecule has 2 aliphatic heterocycles. The first kappa shape index (κ1) is 15.0. The maximum atomic E-state index is 14.5. The van der Waals surface area contributed by atoms with E-state index in [1.54, 1.807) is 0 Å². The highest BCUT2D eigenvalue weighted by molar-refractivity contribution is 6.33. The van der Waals surface area contributed by atoms with Crippen molar-refractivity contribution in [2.24, 2.45) is 5.18 Å². The third kappa shape index (κ3) is 2.07. The Morgan fingerprint density at radius 3 is 2.42 bits per heavy atom. The van der Waals surface area contributed by atoms with Crippen LogP contribution in [-0.4, -0.2) is 18.4 Å². The van der Waals surface area contributed by atoms with Gasteiger partial charge >= 0.3 is 0 Å². The fraction of sp³-hybridized carbons (Fsp3) is 0.412. The number of rotatable bonds is 2. The molecule has 0 fully saturated rings. The van der Waals surface area contributed by atoms with Crippen molar-refractivity contribution in [3.05, 3.63) is 39.6 Å². The van der Waals surface area contributed by atoms with Crippen LogP contribution in [0, 0.1) is 10.7 Å².